The van der Waals surface area contributed by atoms with Crippen LogP contribution in [0.5, 0.6) is 17.2 Å². The van der Waals surface area contributed by atoms with Crippen molar-refractivity contribution in [1.82, 2.24) is 0 Å². The first-order valence-electron chi connectivity index (χ1n) is 8.40. The lowest BCUT2D eigenvalue weighted by Crippen LogP contribution is -2.39. The van der Waals surface area contributed by atoms with Gasteiger partial charge in [-0.15, -0.1) is 0 Å². The van der Waals surface area contributed by atoms with Crippen LogP contribution in [0.4, 0.5) is 0 Å². The molecule has 0 aromatic heterocycles. The molecule has 3 rings (SSSR count). The van der Waals surface area contributed by atoms with Gasteiger partial charge < -0.3 is 19.7 Å². The highest BCUT2D eigenvalue weighted by Crippen LogP contribution is 2.41. The molecule has 0 radical (unpaired) electrons. The summed E-state index contributed by atoms with van der Waals surface area (Å²) in [6.45, 7) is 3.43. The van der Waals surface area contributed by atoms with Crippen LogP contribution in [0.3, 0.4) is 0 Å². The van der Waals surface area contributed by atoms with Crippen molar-refractivity contribution in [2.45, 2.75) is 32.0 Å². The number of aliphatic hydroxyl groups is 1. The lowest BCUT2D eigenvalue weighted by Gasteiger charge is -2.24. The molecule has 5 nitrogen and oxygen atoms in total. The van der Waals surface area contributed by atoms with Crippen LogP contribution < -0.4 is 9.47 Å². The number of rotatable bonds is 5. The first-order chi connectivity index (χ1) is 12.3. The highest BCUT2D eigenvalue weighted by Gasteiger charge is 2.36. The van der Waals surface area contributed by atoms with Crippen LogP contribution in [0.25, 0.3) is 6.08 Å². The van der Waals surface area contributed by atoms with Gasteiger partial charge in [-0.2, -0.15) is 0 Å². The number of allylic oxidation sites excluding steroid dienone is 1. The third kappa shape index (κ3) is 3.58. The van der Waals surface area contributed by atoms with Crippen molar-refractivity contribution in [1.29, 1.82) is 0 Å². The van der Waals surface area contributed by atoms with Gasteiger partial charge >= 0.3 is 0 Å². The minimum absolute atomic E-state index is 0.118. The Morgan fingerprint density at radius 1 is 1.23 bits per heavy atom. The van der Waals surface area contributed by atoms with Gasteiger partial charge in [-0.25, -0.2) is 0 Å². The largest absolute Gasteiger partial charge is 0.508 e. The molecule has 1 atom stereocenters. The summed E-state index contributed by atoms with van der Waals surface area (Å²) in [4.78, 5) is 12.3. The van der Waals surface area contributed by atoms with E-state index in [1.807, 2.05) is 12.1 Å². The maximum atomic E-state index is 12.3. The van der Waals surface area contributed by atoms with Crippen LogP contribution >= 0.6 is 0 Å². The molecule has 2 N–H and O–H groups in total. The summed E-state index contributed by atoms with van der Waals surface area (Å²) in [5, 5.41) is 19.5. The van der Waals surface area contributed by atoms with Crippen LogP contribution in [0.2, 0.25) is 0 Å². The molecule has 0 saturated carbocycles. The second-order valence-corrected chi connectivity index (χ2v) is 6.87. The molecule has 0 fully saturated rings. The Kier molecular flexibility index (Phi) is 4.74. The number of ketones is 1. The highest BCUT2D eigenvalue weighted by molar-refractivity contribution is 6.07. The number of fused-ring (bicyclic) bond motifs is 1. The SMILES string of the molecule is COc1c(C=CC(=O)c2ccc(O)cc2)ccc2c1C[C@@H](C(C)(C)O)O2. The third-order valence-electron chi connectivity index (χ3n) is 4.46. The molecule has 2 aromatic rings. The van der Waals surface area contributed by atoms with E-state index in [2.05, 4.69) is 0 Å². The van der Waals surface area contributed by atoms with Gasteiger partial charge in [-0.3, -0.25) is 4.79 Å². The highest BCUT2D eigenvalue weighted by atomic mass is 16.5. The van der Waals surface area contributed by atoms with Crippen molar-refractivity contribution in [2.75, 3.05) is 7.11 Å². The fraction of sp³-hybridized carbons (Fsp3) is 0.286. The number of benzene rings is 2. The summed E-state index contributed by atoms with van der Waals surface area (Å²) in [5.74, 6) is 1.28. The van der Waals surface area contributed by atoms with Crippen LogP contribution in [-0.2, 0) is 6.42 Å². The minimum Gasteiger partial charge on any atom is -0.508 e. The first kappa shape index (κ1) is 18.0. The lowest BCUT2D eigenvalue weighted by atomic mass is 9.95. The van der Waals surface area contributed by atoms with Crippen LogP contribution in [0.1, 0.15) is 35.3 Å². The number of carbonyl (C=O) groups excluding carboxylic acids is 1. The van der Waals surface area contributed by atoms with Crippen molar-refractivity contribution in [3.63, 3.8) is 0 Å². The van der Waals surface area contributed by atoms with E-state index in [4.69, 9.17) is 9.47 Å². The second-order valence-electron chi connectivity index (χ2n) is 6.87. The maximum Gasteiger partial charge on any atom is 0.185 e. The molecule has 1 aliphatic rings. The van der Waals surface area contributed by atoms with E-state index < -0.39 is 5.60 Å². The monoisotopic (exact) mass is 354 g/mol. The average molecular weight is 354 g/mol. The van der Waals surface area contributed by atoms with Crippen molar-refractivity contribution < 1.29 is 24.5 Å². The zero-order valence-electron chi connectivity index (χ0n) is 15.0. The molecular formula is C21H22O5. The van der Waals surface area contributed by atoms with Crippen molar-refractivity contribution in [3.8, 4) is 17.2 Å². The van der Waals surface area contributed by atoms with E-state index in [9.17, 15) is 15.0 Å². The number of hydrogen-bond acceptors (Lipinski definition) is 5. The quantitative estimate of drug-likeness (QED) is 0.636. The standard InChI is InChI=1S/C21H22O5/c1-21(2,24)19-12-16-18(26-19)11-7-14(20(16)25-3)6-10-17(23)13-4-8-15(22)9-5-13/h4-11,19,22,24H,12H2,1-3H3/t19-/m0/s1. The van der Waals surface area contributed by atoms with Crippen LogP contribution in [-0.4, -0.2) is 34.8 Å². The summed E-state index contributed by atoms with van der Waals surface area (Å²) in [5.41, 5.74) is 1.18. The number of aromatic hydroxyl groups is 1. The van der Waals surface area contributed by atoms with Gasteiger partial charge in [0.05, 0.1) is 12.7 Å². The van der Waals surface area contributed by atoms with E-state index in [0.717, 1.165) is 11.1 Å². The predicted molar refractivity (Wildman–Crippen MR) is 98.9 cm³/mol. The van der Waals surface area contributed by atoms with Gasteiger partial charge in [0.15, 0.2) is 5.78 Å². The summed E-state index contributed by atoms with van der Waals surface area (Å²) in [6, 6.07) is 9.75. The molecular weight excluding hydrogens is 332 g/mol. The third-order valence-corrected chi connectivity index (χ3v) is 4.46. The Bertz CT molecular complexity index is 844. The fourth-order valence-corrected chi connectivity index (χ4v) is 2.97. The molecule has 0 bridgehead atoms. The Hall–Kier alpha value is -2.79. The van der Waals surface area contributed by atoms with Crippen molar-refractivity contribution in [3.05, 3.63) is 59.2 Å². The lowest BCUT2D eigenvalue weighted by molar-refractivity contribution is -0.0229. The summed E-state index contributed by atoms with van der Waals surface area (Å²) in [7, 11) is 1.58. The molecule has 1 aliphatic heterocycles. The molecule has 1 heterocycles. The Labute approximate surface area is 152 Å². The van der Waals surface area contributed by atoms with E-state index in [1.54, 1.807) is 39.2 Å². The van der Waals surface area contributed by atoms with Gasteiger partial charge in [0.1, 0.15) is 23.4 Å². The zero-order chi connectivity index (χ0) is 18.9. The van der Waals surface area contributed by atoms with Gasteiger partial charge in [0.25, 0.3) is 0 Å². The fourth-order valence-electron chi connectivity index (χ4n) is 2.97. The zero-order valence-corrected chi connectivity index (χ0v) is 15.0. The van der Waals surface area contributed by atoms with Gasteiger partial charge in [-0.05, 0) is 62.4 Å². The van der Waals surface area contributed by atoms with Gasteiger partial charge in [0, 0.05) is 23.1 Å². The molecule has 0 amide bonds. The van der Waals surface area contributed by atoms with E-state index in [1.165, 1.54) is 18.2 Å². The number of carbonyl (C=O) groups is 1. The Morgan fingerprint density at radius 2 is 1.92 bits per heavy atom. The smallest absolute Gasteiger partial charge is 0.185 e. The number of ether oxygens (including phenoxy) is 2. The topological polar surface area (TPSA) is 76.0 Å². The van der Waals surface area contributed by atoms with Crippen LogP contribution in [0, 0.1) is 0 Å². The van der Waals surface area contributed by atoms with Crippen LogP contribution in [0.15, 0.2) is 42.5 Å². The maximum absolute atomic E-state index is 12.3. The molecule has 0 unspecified atom stereocenters. The molecule has 0 saturated heterocycles. The summed E-state index contributed by atoms with van der Waals surface area (Å²) in [6.07, 6.45) is 3.37. The minimum atomic E-state index is -0.963. The second kappa shape index (κ2) is 6.84. The van der Waals surface area contributed by atoms with E-state index in [-0.39, 0.29) is 17.6 Å². The predicted octanol–water partition coefficient (Wildman–Crippen LogP) is 3.37. The van der Waals surface area contributed by atoms with Crippen molar-refractivity contribution >= 4 is 11.9 Å². The first-order valence-corrected chi connectivity index (χ1v) is 8.40. The van der Waals surface area contributed by atoms with E-state index >= 15 is 0 Å². The number of methoxy groups -OCH3 is 1. The summed E-state index contributed by atoms with van der Waals surface area (Å²) < 4.78 is 11.4. The average Bonchev–Trinajstić information content (AvgIpc) is 3.04. The Balaban J connectivity index is 1.86. The van der Waals surface area contributed by atoms with Gasteiger partial charge in [0.2, 0.25) is 0 Å². The summed E-state index contributed by atoms with van der Waals surface area (Å²) >= 11 is 0. The molecule has 5 heteroatoms. The molecule has 0 aliphatic carbocycles. The molecule has 26 heavy (non-hydrogen) atoms. The molecule has 2 aromatic carbocycles. The normalized spacial score (nSPS) is 16.4. The number of phenols is 1. The number of phenolic OH excluding ortho intramolecular Hbond substituents is 1. The van der Waals surface area contributed by atoms with Crippen molar-refractivity contribution in [2.24, 2.45) is 0 Å². The van der Waals surface area contributed by atoms with E-state index in [0.29, 0.717) is 23.5 Å². The van der Waals surface area contributed by atoms with Gasteiger partial charge in [-0.1, -0.05) is 0 Å². The molecule has 0 spiro atoms. The molecule has 136 valence electrons. The number of hydrogen-bond donors (Lipinski definition) is 2. The Morgan fingerprint density at radius 3 is 2.54 bits per heavy atom.